The normalized spacial score (nSPS) is 13.2. The minimum absolute atomic E-state index is 0.0716. The van der Waals surface area contributed by atoms with E-state index in [0.29, 0.717) is 28.4 Å². The van der Waals surface area contributed by atoms with Crippen LogP contribution in [0.3, 0.4) is 0 Å². The highest BCUT2D eigenvalue weighted by Gasteiger charge is 2.23. The first-order valence-electron chi connectivity index (χ1n) is 10.3. The lowest BCUT2D eigenvalue weighted by molar-refractivity contribution is -0.148. The number of thioether (sulfide) groups is 1. The van der Waals surface area contributed by atoms with Gasteiger partial charge in [0.15, 0.2) is 12.0 Å². The summed E-state index contributed by atoms with van der Waals surface area (Å²) in [6.45, 7) is 0.155. The largest absolute Gasteiger partial charge is 0.454 e. The standard InChI is InChI=1S/C25H20N2O4S/c28-23(26-13-14-32-22-12-6-5-11-21(22)26)16-31-24(29)15-27-19-9-3-1-7-17(19)25(30)18-8-2-4-10-20(18)27/h1-12H,13-16H2. The molecule has 0 aliphatic carbocycles. The first-order valence-corrected chi connectivity index (χ1v) is 11.3. The molecule has 4 aromatic rings. The van der Waals surface area contributed by atoms with E-state index < -0.39 is 5.97 Å². The quantitative estimate of drug-likeness (QED) is 0.353. The molecular formula is C25H20N2O4S. The highest BCUT2D eigenvalue weighted by Crippen LogP contribution is 2.34. The number of esters is 1. The average Bonchev–Trinajstić information content (AvgIpc) is 2.84. The van der Waals surface area contributed by atoms with E-state index in [1.807, 2.05) is 48.5 Å². The summed E-state index contributed by atoms with van der Waals surface area (Å²) in [4.78, 5) is 41.1. The lowest BCUT2D eigenvalue weighted by atomic mass is 10.1. The summed E-state index contributed by atoms with van der Waals surface area (Å²) in [5, 5.41) is 1.08. The highest BCUT2D eigenvalue weighted by atomic mass is 32.2. The maximum Gasteiger partial charge on any atom is 0.326 e. The molecule has 1 aliphatic heterocycles. The van der Waals surface area contributed by atoms with Crippen LogP contribution >= 0.6 is 11.8 Å². The zero-order chi connectivity index (χ0) is 22.1. The van der Waals surface area contributed by atoms with Crippen LogP contribution in [-0.2, 0) is 20.9 Å². The molecular weight excluding hydrogens is 424 g/mol. The minimum atomic E-state index is -0.531. The van der Waals surface area contributed by atoms with Crippen molar-refractivity contribution in [2.45, 2.75) is 11.4 Å². The SMILES string of the molecule is O=C(Cn1c2ccccc2c(=O)c2ccccc21)OCC(=O)N1CCSc2ccccc21. The van der Waals surface area contributed by atoms with E-state index in [4.69, 9.17) is 4.74 Å². The molecule has 0 fully saturated rings. The van der Waals surface area contributed by atoms with Gasteiger partial charge >= 0.3 is 5.97 Å². The number of ether oxygens (including phenoxy) is 1. The maximum atomic E-state index is 12.8. The summed E-state index contributed by atoms with van der Waals surface area (Å²) >= 11 is 1.71. The Labute approximate surface area is 188 Å². The number of para-hydroxylation sites is 3. The Bertz CT molecular complexity index is 1350. The van der Waals surface area contributed by atoms with Crippen LogP contribution in [0.1, 0.15) is 0 Å². The Morgan fingerprint density at radius 1 is 0.875 bits per heavy atom. The van der Waals surface area contributed by atoms with Gasteiger partial charge in [-0.05, 0) is 36.4 Å². The molecule has 160 valence electrons. The minimum Gasteiger partial charge on any atom is -0.454 e. The first-order chi connectivity index (χ1) is 15.6. The molecule has 6 nitrogen and oxygen atoms in total. The zero-order valence-corrected chi connectivity index (χ0v) is 18.0. The Hall–Kier alpha value is -3.58. The number of pyridine rings is 1. The Balaban J connectivity index is 1.38. The molecule has 32 heavy (non-hydrogen) atoms. The molecule has 2 heterocycles. The summed E-state index contributed by atoms with van der Waals surface area (Å²) in [5.74, 6) is 0.0178. The molecule has 3 aromatic carbocycles. The molecule has 0 bridgehead atoms. The van der Waals surface area contributed by atoms with Gasteiger partial charge in [0.25, 0.3) is 5.91 Å². The fourth-order valence-corrected chi connectivity index (χ4v) is 5.07. The van der Waals surface area contributed by atoms with Crippen molar-refractivity contribution < 1.29 is 14.3 Å². The molecule has 0 N–H and O–H groups in total. The van der Waals surface area contributed by atoms with Gasteiger partial charge in [0, 0.05) is 28.0 Å². The van der Waals surface area contributed by atoms with Crippen LogP contribution in [0.4, 0.5) is 5.69 Å². The van der Waals surface area contributed by atoms with Gasteiger partial charge in [-0.2, -0.15) is 0 Å². The van der Waals surface area contributed by atoms with Gasteiger partial charge in [0.05, 0.1) is 16.7 Å². The summed E-state index contributed by atoms with van der Waals surface area (Å²) in [6, 6.07) is 22.1. The van der Waals surface area contributed by atoms with Crippen LogP contribution in [0, 0.1) is 0 Å². The van der Waals surface area contributed by atoms with E-state index in [1.165, 1.54) is 0 Å². The fourth-order valence-electron chi connectivity index (χ4n) is 4.07. The molecule has 0 spiro atoms. The van der Waals surface area contributed by atoms with E-state index in [-0.39, 0.29) is 24.5 Å². The Kier molecular flexibility index (Phi) is 5.41. The van der Waals surface area contributed by atoms with E-state index >= 15 is 0 Å². The molecule has 0 unspecified atom stereocenters. The van der Waals surface area contributed by atoms with Crippen molar-refractivity contribution in [2.75, 3.05) is 23.8 Å². The molecule has 1 amide bonds. The van der Waals surface area contributed by atoms with Crippen LogP contribution in [-0.4, -0.2) is 35.3 Å². The fraction of sp³-hybridized carbons (Fsp3) is 0.160. The topological polar surface area (TPSA) is 68.6 Å². The van der Waals surface area contributed by atoms with Crippen LogP contribution in [0.5, 0.6) is 0 Å². The lowest BCUT2D eigenvalue weighted by Gasteiger charge is -2.28. The van der Waals surface area contributed by atoms with E-state index in [1.54, 1.807) is 45.5 Å². The van der Waals surface area contributed by atoms with Crippen molar-refractivity contribution in [3.05, 3.63) is 83.0 Å². The van der Waals surface area contributed by atoms with E-state index in [0.717, 1.165) is 16.3 Å². The van der Waals surface area contributed by atoms with Gasteiger partial charge in [-0.1, -0.05) is 36.4 Å². The predicted octanol–water partition coefficient (Wildman–Crippen LogP) is 3.84. The number of anilines is 1. The van der Waals surface area contributed by atoms with Crippen LogP contribution < -0.4 is 10.3 Å². The summed E-state index contributed by atoms with van der Waals surface area (Å²) in [7, 11) is 0. The highest BCUT2D eigenvalue weighted by molar-refractivity contribution is 7.99. The van der Waals surface area contributed by atoms with Gasteiger partial charge in [0.1, 0.15) is 6.54 Å². The molecule has 1 aliphatic rings. The van der Waals surface area contributed by atoms with Crippen molar-refractivity contribution in [3.63, 3.8) is 0 Å². The molecule has 1 aromatic heterocycles. The Morgan fingerprint density at radius 3 is 2.22 bits per heavy atom. The number of rotatable bonds is 4. The number of fused-ring (bicyclic) bond motifs is 3. The third kappa shape index (κ3) is 3.65. The van der Waals surface area contributed by atoms with Crippen LogP contribution in [0.25, 0.3) is 21.8 Å². The first kappa shape index (κ1) is 20.3. The number of nitrogens with zero attached hydrogens (tertiary/aromatic N) is 2. The summed E-state index contributed by atoms with van der Waals surface area (Å²) < 4.78 is 7.14. The molecule has 0 saturated carbocycles. The van der Waals surface area contributed by atoms with Crippen LogP contribution in [0.2, 0.25) is 0 Å². The van der Waals surface area contributed by atoms with Crippen molar-refractivity contribution >= 4 is 51.1 Å². The molecule has 5 rings (SSSR count). The number of benzene rings is 3. The molecule has 0 saturated heterocycles. The van der Waals surface area contributed by atoms with Crippen molar-refractivity contribution in [3.8, 4) is 0 Å². The monoisotopic (exact) mass is 444 g/mol. The third-order valence-corrected chi connectivity index (χ3v) is 6.60. The number of aromatic nitrogens is 1. The maximum absolute atomic E-state index is 12.8. The molecule has 7 heteroatoms. The van der Waals surface area contributed by atoms with E-state index in [9.17, 15) is 14.4 Å². The number of amides is 1. The number of hydrogen-bond donors (Lipinski definition) is 0. The van der Waals surface area contributed by atoms with Gasteiger partial charge in [-0.15, -0.1) is 11.8 Å². The van der Waals surface area contributed by atoms with Gasteiger partial charge in [-0.3, -0.25) is 14.4 Å². The lowest BCUT2D eigenvalue weighted by Crippen LogP contribution is -2.38. The smallest absolute Gasteiger partial charge is 0.326 e. The van der Waals surface area contributed by atoms with Gasteiger partial charge < -0.3 is 14.2 Å². The second kappa shape index (κ2) is 8.51. The van der Waals surface area contributed by atoms with Crippen molar-refractivity contribution in [2.24, 2.45) is 0 Å². The Morgan fingerprint density at radius 2 is 1.50 bits per heavy atom. The molecule has 0 atom stereocenters. The predicted molar refractivity (Wildman–Crippen MR) is 126 cm³/mol. The zero-order valence-electron chi connectivity index (χ0n) is 17.2. The number of carbonyl (C=O) groups excluding carboxylic acids is 2. The average molecular weight is 445 g/mol. The van der Waals surface area contributed by atoms with E-state index in [2.05, 4.69) is 0 Å². The summed E-state index contributed by atoms with van der Waals surface area (Å²) in [5.41, 5.74) is 2.09. The van der Waals surface area contributed by atoms with Crippen molar-refractivity contribution in [1.82, 2.24) is 4.57 Å². The van der Waals surface area contributed by atoms with Crippen LogP contribution in [0.15, 0.2) is 82.5 Å². The second-order valence-electron chi connectivity index (χ2n) is 7.47. The van der Waals surface area contributed by atoms with Gasteiger partial charge in [-0.25, -0.2) is 0 Å². The third-order valence-electron chi connectivity index (χ3n) is 5.55. The number of hydrogen-bond acceptors (Lipinski definition) is 5. The van der Waals surface area contributed by atoms with Crippen molar-refractivity contribution in [1.29, 1.82) is 0 Å². The summed E-state index contributed by atoms with van der Waals surface area (Å²) in [6.07, 6.45) is 0. The molecule has 0 radical (unpaired) electrons. The van der Waals surface area contributed by atoms with Gasteiger partial charge in [0.2, 0.25) is 0 Å². The second-order valence-corrected chi connectivity index (χ2v) is 8.61. The number of carbonyl (C=O) groups is 2.